The minimum atomic E-state index is -0.423. The van der Waals surface area contributed by atoms with Crippen molar-refractivity contribution in [2.24, 2.45) is 5.92 Å². The predicted octanol–water partition coefficient (Wildman–Crippen LogP) is 2.86. The summed E-state index contributed by atoms with van der Waals surface area (Å²) >= 11 is 6.10. The molecule has 0 aliphatic heterocycles. The van der Waals surface area contributed by atoms with Crippen molar-refractivity contribution < 1.29 is 9.53 Å². The third-order valence-electron chi connectivity index (χ3n) is 3.27. The van der Waals surface area contributed by atoms with E-state index in [0.717, 1.165) is 17.7 Å². The molecule has 1 atom stereocenters. The molecule has 1 aliphatic carbocycles. The predicted molar refractivity (Wildman–Crippen MR) is 71.7 cm³/mol. The number of carbonyl (C=O) groups excluding carboxylic acids is 1. The molecule has 1 aromatic rings. The van der Waals surface area contributed by atoms with E-state index >= 15 is 0 Å². The van der Waals surface area contributed by atoms with Gasteiger partial charge < -0.3 is 10.1 Å². The van der Waals surface area contributed by atoms with Crippen LogP contribution >= 0.6 is 11.6 Å². The molecule has 0 saturated heterocycles. The summed E-state index contributed by atoms with van der Waals surface area (Å²) in [6, 6.07) is 5.25. The number of hydrogen-bond acceptors (Lipinski definition) is 3. The number of benzene rings is 1. The van der Waals surface area contributed by atoms with Gasteiger partial charge in [-0.05, 0) is 49.4 Å². The van der Waals surface area contributed by atoms with Gasteiger partial charge in [0.2, 0.25) is 0 Å². The van der Waals surface area contributed by atoms with Gasteiger partial charge in [-0.1, -0.05) is 23.7 Å². The lowest BCUT2D eigenvalue weighted by molar-refractivity contribution is -0.143. The number of ether oxygens (including phenoxy) is 1. The normalized spacial score (nSPS) is 16.4. The number of nitrogens with one attached hydrogen (secondary N) is 1. The Bertz CT molecular complexity index is 443. The molecule has 0 radical (unpaired) electrons. The minimum absolute atomic E-state index is 0.268. The van der Waals surface area contributed by atoms with Crippen LogP contribution in [0.4, 0.5) is 0 Å². The summed E-state index contributed by atoms with van der Waals surface area (Å²) in [5.74, 6) is 0.439. The Morgan fingerprint density at radius 1 is 1.56 bits per heavy atom. The number of hydrogen-bond donors (Lipinski definition) is 1. The van der Waals surface area contributed by atoms with E-state index in [1.165, 1.54) is 20.0 Å². The Hall–Kier alpha value is -1.06. The van der Waals surface area contributed by atoms with Gasteiger partial charge >= 0.3 is 5.97 Å². The Morgan fingerprint density at radius 2 is 2.28 bits per heavy atom. The van der Waals surface area contributed by atoms with Crippen molar-refractivity contribution in [3.05, 3.63) is 34.3 Å². The third kappa shape index (κ3) is 3.24. The van der Waals surface area contributed by atoms with Crippen LogP contribution in [-0.4, -0.2) is 19.6 Å². The molecule has 0 aromatic heterocycles. The fourth-order valence-corrected chi connectivity index (χ4v) is 2.04. The highest BCUT2D eigenvalue weighted by atomic mass is 35.5. The second-order valence-corrected chi connectivity index (χ2v) is 5.22. The molecule has 18 heavy (non-hydrogen) atoms. The molecule has 1 saturated carbocycles. The lowest BCUT2D eigenvalue weighted by atomic mass is 10.0. The summed E-state index contributed by atoms with van der Waals surface area (Å²) in [7, 11) is 1.41. The molecule has 1 aromatic carbocycles. The van der Waals surface area contributed by atoms with Crippen molar-refractivity contribution in [2.45, 2.75) is 25.8 Å². The lowest BCUT2D eigenvalue weighted by Crippen LogP contribution is -2.31. The first-order chi connectivity index (χ1) is 8.61. The standard InChI is InChI=1S/C14H18ClNO2/c1-9-3-6-11(7-12(9)15)13(14(17)18-2)16-8-10-4-5-10/h3,6-7,10,13,16H,4-5,8H2,1-2H3. The van der Waals surface area contributed by atoms with Gasteiger partial charge in [-0.2, -0.15) is 0 Å². The highest BCUT2D eigenvalue weighted by Crippen LogP contribution is 2.29. The summed E-state index contributed by atoms with van der Waals surface area (Å²) in [5, 5.41) is 3.94. The summed E-state index contributed by atoms with van der Waals surface area (Å²) in [5.41, 5.74) is 1.87. The van der Waals surface area contributed by atoms with E-state index in [-0.39, 0.29) is 5.97 Å². The number of halogens is 1. The van der Waals surface area contributed by atoms with Crippen LogP contribution in [0.1, 0.15) is 30.0 Å². The Morgan fingerprint density at radius 3 is 2.83 bits per heavy atom. The first kappa shape index (κ1) is 13.4. The quantitative estimate of drug-likeness (QED) is 0.834. The smallest absolute Gasteiger partial charge is 0.327 e. The average Bonchev–Trinajstić information content (AvgIpc) is 3.17. The van der Waals surface area contributed by atoms with Crippen molar-refractivity contribution in [1.82, 2.24) is 5.32 Å². The van der Waals surface area contributed by atoms with Gasteiger partial charge in [-0.15, -0.1) is 0 Å². The molecule has 1 fully saturated rings. The van der Waals surface area contributed by atoms with Gasteiger partial charge in [0.25, 0.3) is 0 Å². The van der Waals surface area contributed by atoms with Crippen LogP contribution in [0.15, 0.2) is 18.2 Å². The molecular weight excluding hydrogens is 250 g/mol. The summed E-state index contributed by atoms with van der Waals surface area (Å²) in [4.78, 5) is 11.8. The van der Waals surface area contributed by atoms with Crippen LogP contribution in [-0.2, 0) is 9.53 Å². The molecule has 0 bridgehead atoms. The van der Waals surface area contributed by atoms with Crippen molar-refractivity contribution >= 4 is 17.6 Å². The molecular formula is C14H18ClNO2. The zero-order valence-electron chi connectivity index (χ0n) is 10.7. The topological polar surface area (TPSA) is 38.3 Å². The first-order valence-electron chi connectivity index (χ1n) is 6.19. The van der Waals surface area contributed by atoms with Crippen LogP contribution in [0.2, 0.25) is 5.02 Å². The average molecular weight is 268 g/mol. The Balaban J connectivity index is 2.14. The zero-order chi connectivity index (χ0) is 13.1. The molecule has 1 N–H and O–H groups in total. The number of aryl methyl sites for hydroxylation is 1. The van der Waals surface area contributed by atoms with Crippen molar-refractivity contribution in [2.75, 3.05) is 13.7 Å². The van der Waals surface area contributed by atoms with E-state index in [2.05, 4.69) is 5.32 Å². The lowest BCUT2D eigenvalue weighted by Gasteiger charge is -2.17. The van der Waals surface area contributed by atoms with E-state index < -0.39 is 6.04 Å². The molecule has 0 heterocycles. The molecule has 3 nitrogen and oxygen atoms in total. The Kier molecular flexibility index (Phi) is 4.25. The molecule has 2 rings (SSSR count). The van der Waals surface area contributed by atoms with Crippen LogP contribution in [0, 0.1) is 12.8 Å². The van der Waals surface area contributed by atoms with Gasteiger partial charge in [0.1, 0.15) is 6.04 Å². The maximum Gasteiger partial charge on any atom is 0.327 e. The molecule has 1 aliphatic rings. The molecule has 0 spiro atoms. The first-order valence-corrected chi connectivity index (χ1v) is 6.57. The SMILES string of the molecule is COC(=O)C(NCC1CC1)c1ccc(C)c(Cl)c1. The number of rotatable bonds is 5. The third-order valence-corrected chi connectivity index (χ3v) is 3.68. The number of esters is 1. The highest BCUT2D eigenvalue weighted by molar-refractivity contribution is 6.31. The van der Waals surface area contributed by atoms with E-state index in [4.69, 9.17) is 16.3 Å². The van der Waals surface area contributed by atoms with Crippen molar-refractivity contribution in [1.29, 1.82) is 0 Å². The monoisotopic (exact) mass is 267 g/mol. The molecule has 4 heteroatoms. The van der Waals surface area contributed by atoms with Gasteiger partial charge in [0, 0.05) is 5.02 Å². The largest absolute Gasteiger partial charge is 0.468 e. The van der Waals surface area contributed by atoms with Crippen LogP contribution < -0.4 is 5.32 Å². The number of methoxy groups -OCH3 is 1. The van der Waals surface area contributed by atoms with Gasteiger partial charge in [0.15, 0.2) is 0 Å². The summed E-state index contributed by atoms with van der Waals surface area (Å²) in [6.45, 7) is 2.79. The van der Waals surface area contributed by atoms with Crippen molar-refractivity contribution in [3.63, 3.8) is 0 Å². The summed E-state index contributed by atoms with van der Waals surface area (Å²) < 4.78 is 4.85. The van der Waals surface area contributed by atoms with Gasteiger partial charge in [-0.25, -0.2) is 4.79 Å². The molecule has 0 amide bonds. The minimum Gasteiger partial charge on any atom is -0.468 e. The van der Waals surface area contributed by atoms with E-state index in [1.54, 1.807) is 0 Å². The van der Waals surface area contributed by atoms with Crippen LogP contribution in [0.25, 0.3) is 0 Å². The van der Waals surface area contributed by atoms with E-state index in [1.807, 2.05) is 25.1 Å². The second-order valence-electron chi connectivity index (χ2n) is 4.82. The highest BCUT2D eigenvalue weighted by Gasteiger charge is 2.26. The fourth-order valence-electron chi connectivity index (χ4n) is 1.85. The van der Waals surface area contributed by atoms with Gasteiger partial charge in [0.05, 0.1) is 7.11 Å². The van der Waals surface area contributed by atoms with Gasteiger partial charge in [-0.3, -0.25) is 0 Å². The second kappa shape index (κ2) is 5.72. The number of carbonyl (C=O) groups is 1. The van der Waals surface area contributed by atoms with Crippen LogP contribution in [0.3, 0.4) is 0 Å². The van der Waals surface area contributed by atoms with E-state index in [0.29, 0.717) is 10.9 Å². The maximum absolute atomic E-state index is 11.8. The van der Waals surface area contributed by atoms with Crippen molar-refractivity contribution in [3.8, 4) is 0 Å². The fraction of sp³-hybridized carbons (Fsp3) is 0.500. The molecule has 1 unspecified atom stereocenters. The van der Waals surface area contributed by atoms with Crippen LogP contribution in [0.5, 0.6) is 0 Å². The Labute approximate surface area is 112 Å². The zero-order valence-corrected chi connectivity index (χ0v) is 11.5. The molecule has 98 valence electrons. The van der Waals surface area contributed by atoms with E-state index in [9.17, 15) is 4.79 Å². The summed E-state index contributed by atoms with van der Waals surface area (Å²) in [6.07, 6.45) is 2.49. The maximum atomic E-state index is 11.8.